The van der Waals surface area contributed by atoms with Crippen molar-refractivity contribution in [3.8, 4) is 0 Å². The van der Waals surface area contributed by atoms with Crippen LogP contribution in [0.2, 0.25) is 0 Å². The Labute approximate surface area is 170 Å². The van der Waals surface area contributed by atoms with Crippen LogP contribution in [0.3, 0.4) is 0 Å². The highest BCUT2D eigenvalue weighted by Crippen LogP contribution is 2.26. The largest absolute Gasteiger partial charge is 0.372 e. The number of nitrogens with zero attached hydrogens (tertiary/aromatic N) is 4. The Morgan fingerprint density at radius 2 is 1.68 bits per heavy atom. The van der Waals surface area contributed by atoms with Crippen LogP contribution in [-0.2, 0) is 9.59 Å². The second-order valence-electron chi connectivity index (χ2n) is 7.38. The van der Waals surface area contributed by atoms with E-state index in [1.807, 2.05) is 17.9 Å². The summed E-state index contributed by atoms with van der Waals surface area (Å²) in [5.74, 6) is 0.113. The molecule has 0 aromatic heterocycles. The van der Waals surface area contributed by atoms with Gasteiger partial charge >= 0.3 is 0 Å². The Bertz CT molecular complexity index is 665. The number of hydrogen-bond donors (Lipinski definition) is 0. The van der Waals surface area contributed by atoms with Gasteiger partial charge in [-0.1, -0.05) is 6.92 Å². The van der Waals surface area contributed by atoms with Crippen LogP contribution in [0.1, 0.15) is 39.7 Å². The smallest absolute Gasteiger partial charge is 0.224 e. The molecule has 0 bridgehead atoms. The van der Waals surface area contributed by atoms with E-state index in [0.29, 0.717) is 13.0 Å². The fourth-order valence-electron chi connectivity index (χ4n) is 3.85. The van der Waals surface area contributed by atoms with Crippen molar-refractivity contribution in [3.63, 3.8) is 0 Å². The quantitative estimate of drug-likeness (QED) is 0.687. The SMILES string of the molecule is CCN1CCN(C(=O)CCN(C(C)=O)c2ccc(N(CC)CC)cc2C)CC1. The van der Waals surface area contributed by atoms with Crippen LogP contribution < -0.4 is 9.80 Å². The third-order valence-electron chi connectivity index (χ3n) is 5.70. The van der Waals surface area contributed by atoms with E-state index in [0.717, 1.165) is 57.1 Å². The predicted molar refractivity (Wildman–Crippen MR) is 116 cm³/mol. The van der Waals surface area contributed by atoms with Crippen LogP contribution >= 0.6 is 0 Å². The zero-order valence-electron chi connectivity index (χ0n) is 18.2. The summed E-state index contributed by atoms with van der Waals surface area (Å²) >= 11 is 0. The van der Waals surface area contributed by atoms with Crippen LogP contribution in [0.5, 0.6) is 0 Å². The highest BCUT2D eigenvalue weighted by atomic mass is 16.2. The third-order valence-corrected chi connectivity index (χ3v) is 5.70. The van der Waals surface area contributed by atoms with E-state index in [1.165, 1.54) is 5.69 Å². The number of anilines is 2. The first-order valence-electron chi connectivity index (χ1n) is 10.5. The number of aryl methyl sites for hydroxylation is 1. The minimum atomic E-state index is -0.0257. The van der Waals surface area contributed by atoms with Crippen molar-refractivity contribution in [1.29, 1.82) is 0 Å². The van der Waals surface area contributed by atoms with E-state index in [2.05, 4.69) is 42.7 Å². The minimum absolute atomic E-state index is 0.0257. The molecule has 1 heterocycles. The molecule has 6 nitrogen and oxygen atoms in total. The average molecular weight is 389 g/mol. The molecule has 2 rings (SSSR count). The Morgan fingerprint density at radius 1 is 1.04 bits per heavy atom. The Kier molecular flexibility index (Phi) is 8.30. The highest BCUT2D eigenvalue weighted by molar-refractivity contribution is 5.93. The molecule has 1 aromatic carbocycles. The van der Waals surface area contributed by atoms with Gasteiger partial charge in [0.2, 0.25) is 11.8 Å². The second kappa shape index (κ2) is 10.5. The van der Waals surface area contributed by atoms with Gasteiger partial charge in [-0.15, -0.1) is 0 Å². The highest BCUT2D eigenvalue weighted by Gasteiger charge is 2.22. The van der Waals surface area contributed by atoms with E-state index >= 15 is 0 Å². The summed E-state index contributed by atoms with van der Waals surface area (Å²) in [6, 6.07) is 6.20. The summed E-state index contributed by atoms with van der Waals surface area (Å²) < 4.78 is 0. The molecule has 0 N–H and O–H groups in total. The van der Waals surface area contributed by atoms with Crippen LogP contribution in [0, 0.1) is 6.92 Å². The van der Waals surface area contributed by atoms with Crippen LogP contribution in [0.4, 0.5) is 11.4 Å². The summed E-state index contributed by atoms with van der Waals surface area (Å²) in [7, 11) is 0. The van der Waals surface area contributed by atoms with E-state index in [1.54, 1.807) is 11.8 Å². The Hall–Kier alpha value is -2.08. The molecule has 0 radical (unpaired) electrons. The number of hydrogen-bond acceptors (Lipinski definition) is 4. The molecule has 1 saturated heterocycles. The van der Waals surface area contributed by atoms with Gasteiger partial charge in [-0.3, -0.25) is 9.59 Å². The van der Waals surface area contributed by atoms with Gasteiger partial charge in [-0.2, -0.15) is 0 Å². The lowest BCUT2D eigenvalue weighted by Crippen LogP contribution is -2.49. The molecule has 0 spiro atoms. The number of benzene rings is 1. The molecule has 1 fully saturated rings. The predicted octanol–water partition coefficient (Wildman–Crippen LogP) is 2.75. The summed E-state index contributed by atoms with van der Waals surface area (Å²) in [6.07, 6.45) is 0.364. The van der Waals surface area contributed by atoms with Crippen LogP contribution in [0.25, 0.3) is 0 Å². The van der Waals surface area contributed by atoms with Crippen molar-refractivity contribution < 1.29 is 9.59 Å². The van der Waals surface area contributed by atoms with Gasteiger partial charge in [0.15, 0.2) is 0 Å². The number of likely N-dealkylation sites (N-methyl/N-ethyl adjacent to an activating group) is 1. The first-order chi connectivity index (χ1) is 13.4. The molecule has 6 heteroatoms. The molecule has 1 aromatic rings. The van der Waals surface area contributed by atoms with Crippen molar-refractivity contribution in [2.24, 2.45) is 0 Å². The molecule has 0 unspecified atom stereocenters. The van der Waals surface area contributed by atoms with E-state index in [9.17, 15) is 9.59 Å². The van der Waals surface area contributed by atoms with E-state index < -0.39 is 0 Å². The summed E-state index contributed by atoms with van der Waals surface area (Å²) in [4.78, 5) is 33.2. The first kappa shape index (κ1) is 22.2. The molecule has 2 amide bonds. The maximum Gasteiger partial charge on any atom is 0.224 e. The van der Waals surface area contributed by atoms with E-state index in [4.69, 9.17) is 0 Å². The number of carbonyl (C=O) groups is 2. The Balaban J connectivity index is 2.03. The van der Waals surface area contributed by atoms with Gasteiger partial charge < -0.3 is 19.6 Å². The van der Waals surface area contributed by atoms with Gasteiger partial charge in [-0.25, -0.2) is 0 Å². The molecule has 156 valence electrons. The fraction of sp³-hybridized carbons (Fsp3) is 0.636. The fourth-order valence-corrected chi connectivity index (χ4v) is 3.85. The zero-order chi connectivity index (χ0) is 20.7. The van der Waals surface area contributed by atoms with Gasteiger partial charge in [0.1, 0.15) is 0 Å². The molecule has 0 saturated carbocycles. The minimum Gasteiger partial charge on any atom is -0.372 e. The van der Waals surface area contributed by atoms with Crippen molar-refractivity contribution in [1.82, 2.24) is 9.80 Å². The lowest BCUT2D eigenvalue weighted by atomic mass is 10.1. The van der Waals surface area contributed by atoms with Crippen molar-refractivity contribution in [2.75, 3.05) is 62.2 Å². The molecule has 28 heavy (non-hydrogen) atoms. The standard InChI is InChI=1S/C22H36N4O2/c1-6-23-13-15-25(16-14-23)22(28)11-12-26(19(5)27)21-10-9-20(17-18(21)4)24(7-2)8-3/h9-10,17H,6-8,11-16H2,1-5H3. The number of amides is 2. The number of rotatable bonds is 8. The Morgan fingerprint density at radius 3 is 2.18 bits per heavy atom. The maximum atomic E-state index is 12.6. The first-order valence-corrected chi connectivity index (χ1v) is 10.5. The van der Waals surface area contributed by atoms with Gasteiger partial charge in [0.05, 0.1) is 0 Å². The van der Waals surface area contributed by atoms with E-state index in [-0.39, 0.29) is 11.8 Å². The number of piperazine rings is 1. The topological polar surface area (TPSA) is 47.1 Å². The zero-order valence-corrected chi connectivity index (χ0v) is 18.2. The monoisotopic (exact) mass is 388 g/mol. The average Bonchev–Trinajstić information content (AvgIpc) is 2.70. The molecule has 0 atom stereocenters. The lowest BCUT2D eigenvalue weighted by Gasteiger charge is -2.34. The van der Waals surface area contributed by atoms with Crippen molar-refractivity contribution in [2.45, 2.75) is 41.0 Å². The molecular weight excluding hydrogens is 352 g/mol. The summed E-state index contributed by atoms with van der Waals surface area (Å²) in [5, 5.41) is 0. The molecular formula is C22H36N4O2. The molecule has 1 aliphatic rings. The normalized spacial score (nSPS) is 14.8. The summed E-state index contributed by atoms with van der Waals surface area (Å²) in [5.41, 5.74) is 3.12. The lowest BCUT2D eigenvalue weighted by molar-refractivity contribution is -0.132. The summed E-state index contributed by atoms with van der Waals surface area (Å²) in [6.45, 7) is 16.8. The molecule has 0 aliphatic carbocycles. The van der Waals surface area contributed by atoms with Crippen LogP contribution in [-0.4, -0.2) is 74.0 Å². The van der Waals surface area contributed by atoms with Gasteiger partial charge in [0, 0.05) is 70.5 Å². The van der Waals surface area contributed by atoms with Crippen molar-refractivity contribution >= 4 is 23.2 Å². The maximum absolute atomic E-state index is 12.6. The van der Waals surface area contributed by atoms with Crippen LogP contribution in [0.15, 0.2) is 18.2 Å². The number of carbonyl (C=O) groups excluding carboxylic acids is 2. The second-order valence-corrected chi connectivity index (χ2v) is 7.38. The molecule has 1 aliphatic heterocycles. The van der Waals surface area contributed by atoms with Gasteiger partial charge in [-0.05, 0) is 51.1 Å². The third kappa shape index (κ3) is 5.47. The van der Waals surface area contributed by atoms with Gasteiger partial charge in [0.25, 0.3) is 0 Å². The van der Waals surface area contributed by atoms with Crippen molar-refractivity contribution in [3.05, 3.63) is 23.8 Å².